The van der Waals surface area contributed by atoms with E-state index in [4.69, 9.17) is 9.84 Å². The maximum Gasteiger partial charge on any atom is 0.308 e. The van der Waals surface area contributed by atoms with Crippen LogP contribution < -0.4 is 4.74 Å². The summed E-state index contributed by atoms with van der Waals surface area (Å²) in [4.78, 5) is 25.4. The predicted octanol–water partition coefficient (Wildman–Crippen LogP) is 2.12. The van der Waals surface area contributed by atoms with Crippen molar-refractivity contribution in [3.63, 3.8) is 0 Å². The predicted molar refractivity (Wildman–Crippen MR) is 80.8 cm³/mol. The first kappa shape index (κ1) is 14.9. The number of nitrogens with zero attached hydrogens (tertiary/aromatic N) is 1. The van der Waals surface area contributed by atoms with Crippen molar-refractivity contribution in [3.05, 3.63) is 29.8 Å². The lowest BCUT2D eigenvalue weighted by atomic mass is 9.97. The molecule has 1 N–H and O–H groups in total. The molecule has 1 aliphatic heterocycles. The number of carboxylic acid groups (broad SMARTS) is 1. The van der Waals surface area contributed by atoms with Crippen LogP contribution in [-0.4, -0.2) is 42.1 Å². The van der Waals surface area contributed by atoms with E-state index in [1.807, 2.05) is 24.3 Å². The average Bonchev–Trinajstić information content (AvgIpc) is 3.35. The average molecular weight is 303 g/mol. The van der Waals surface area contributed by atoms with E-state index in [9.17, 15) is 9.59 Å². The van der Waals surface area contributed by atoms with Gasteiger partial charge >= 0.3 is 5.97 Å². The molecule has 5 nitrogen and oxygen atoms in total. The number of amides is 1. The summed E-state index contributed by atoms with van der Waals surface area (Å²) in [7, 11) is 1.63. The zero-order valence-corrected chi connectivity index (χ0v) is 12.7. The third kappa shape index (κ3) is 2.93. The summed E-state index contributed by atoms with van der Waals surface area (Å²) in [5, 5.41) is 9.13. The molecule has 0 spiro atoms. The van der Waals surface area contributed by atoms with E-state index in [2.05, 4.69) is 0 Å². The van der Waals surface area contributed by atoms with Gasteiger partial charge < -0.3 is 14.7 Å². The first-order valence-corrected chi connectivity index (χ1v) is 7.75. The maximum atomic E-state index is 12.6. The molecule has 3 rings (SSSR count). The van der Waals surface area contributed by atoms with Crippen LogP contribution >= 0.6 is 0 Å². The number of carbonyl (C=O) groups excluding carboxylic acids is 1. The number of aliphatic carboxylic acids is 1. The lowest BCUT2D eigenvalue weighted by Crippen LogP contribution is -2.43. The van der Waals surface area contributed by atoms with Crippen LogP contribution in [0, 0.1) is 11.8 Å². The van der Waals surface area contributed by atoms with Crippen LogP contribution in [0.25, 0.3) is 0 Å². The highest BCUT2D eigenvalue weighted by atomic mass is 16.5. The molecule has 0 bridgehead atoms. The molecule has 1 aromatic carbocycles. The first-order valence-electron chi connectivity index (χ1n) is 7.75. The van der Waals surface area contributed by atoms with E-state index in [0.29, 0.717) is 19.5 Å². The van der Waals surface area contributed by atoms with Crippen molar-refractivity contribution < 1.29 is 19.4 Å². The Kier molecular flexibility index (Phi) is 4.05. The molecule has 1 saturated carbocycles. The summed E-state index contributed by atoms with van der Waals surface area (Å²) in [5.74, 6) is -0.0462. The Balaban J connectivity index is 1.63. The fourth-order valence-corrected chi connectivity index (χ4v) is 3.32. The van der Waals surface area contributed by atoms with Crippen molar-refractivity contribution >= 4 is 11.9 Å². The third-order valence-electron chi connectivity index (χ3n) is 4.71. The second-order valence-corrected chi connectivity index (χ2v) is 6.19. The van der Waals surface area contributed by atoms with E-state index in [1.54, 1.807) is 12.0 Å². The van der Waals surface area contributed by atoms with Gasteiger partial charge in [-0.05, 0) is 42.9 Å². The van der Waals surface area contributed by atoms with Gasteiger partial charge in [-0.15, -0.1) is 0 Å². The minimum atomic E-state index is -0.794. The number of ether oxygens (including phenoxy) is 1. The lowest BCUT2D eigenvalue weighted by molar-refractivity contribution is -0.146. The number of hydrogen-bond acceptors (Lipinski definition) is 3. The molecule has 0 unspecified atom stereocenters. The molecule has 1 heterocycles. The van der Waals surface area contributed by atoms with Gasteiger partial charge in [0.2, 0.25) is 5.91 Å². The highest BCUT2D eigenvalue weighted by molar-refractivity contribution is 5.84. The van der Waals surface area contributed by atoms with Crippen LogP contribution in [0.2, 0.25) is 0 Å². The summed E-state index contributed by atoms with van der Waals surface area (Å²) in [6.07, 6.45) is 2.29. The number of piperidine rings is 1. The third-order valence-corrected chi connectivity index (χ3v) is 4.71. The number of benzene rings is 1. The van der Waals surface area contributed by atoms with Crippen molar-refractivity contribution in [2.45, 2.75) is 25.2 Å². The largest absolute Gasteiger partial charge is 0.497 e. The second kappa shape index (κ2) is 5.99. The highest BCUT2D eigenvalue weighted by Gasteiger charge is 2.46. The van der Waals surface area contributed by atoms with Gasteiger partial charge in [-0.3, -0.25) is 9.59 Å². The van der Waals surface area contributed by atoms with E-state index < -0.39 is 11.9 Å². The zero-order valence-electron chi connectivity index (χ0n) is 12.7. The van der Waals surface area contributed by atoms with Crippen LogP contribution in [-0.2, 0) is 9.59 Å². The summed E-state index contributed by atoms with van der Waals surface area (Å²) < 4.78 is 5.22. The highest BCUT2D eigenvalue weighted by Crippen LogP contribution is 2.49. The van der Waals surface area contributed by atoms with Gasteiger partial charge in [0.15, 0.2) is 0 Å². The van der Waals surface area contributed by atoms with Crippen LogP contribution in [0.15, 0.2) is 24.3 Å². The molecule has 0 aromatic heterocycles. The van der Waals surface area contributed by atoms with E-state index in [0.717, 1.165) is 24.2 Å². The Labute approximate surface area is 129 Å². The van der Waals surface area contributed by atoms with E-state index in [-0.39, 0.29) is 17.7 Å². The maximum absolute atomic E-state index is 12.6. The summed E-state index contributed by atoms with van der Waals surface area (Å²) in [5.41, 5.74) is 1.13. The van der Waals surface area contributed by atoms with E-state index in [1.165, 1.54) is 0 Å². The Morgan fingerprint density at radius 3 is 2.91 bits per heavy atom. The molecular weight excluding hydrogens is 282 g/mol. The molecule has 5 heteroatoms. The fourth-order valence-electron chi connectivity index (χ4n) is 3.32. The van der Waals surface area contributed by atoms with Crippen molar-refractivity contribution in [3.8, 4) is 5.75 Å². The van der Waals surface area contributed by atoms with E-state index >= 15 is 0 Å². The monoisotopic (exact) mass is 303 g/mol. The van der Waals surface area contributed by atoms with Crippen LogP contribution in [0.4, 0.5) is 0 Å². The van der Waals surface area contributed by atoms with Crippen LogP contribution in [0.1, 0.15) is 30.7 Å². The lowest BCUT2D eigenvalue weighted by Gasteiger charge is -2.31. The smallest absolute Gasteiger partial charge is 0.308 e. The Morgan fingerprint density at radius 1 is 1.36 bits per heavy atom. The Morgan fingerprint density at radius 2 is 2.18 bits per heavy atom. The summed E-state index contributed by atoms with van der Waals surface area (Å²) in [6.45, 7) is 1.04. The SMILES string of the molecule is COc1cccc([C@@H]2C[C@@H]2C(=O)N2CCC[C@@H](C(=O)O)C2)c1. The van der Waals surface area contributed by atoms with Gasteiger partial charge in [-0.1, -0.05) is 12.1 Å². The van der Waals surface area contributed by atoms with Crippen molar-refractivity contribution in [2.24, 2.45) is 11.8 Å². The quantitative estimate of drug-likeness (QED) is 0.925. The fraction of sp³-hybridized carbons (Fsp3) is 0.529. The van der Waals surface area contributed by atoms with Gasteiger partial charge in [0.05, 0.1) is 13.0 Å². The molecule has 1 amide bonds. The van der Waals surface area contributed by atoms with Gasteiger partial charge in [0.25, 0.3) is 0 Å². The van der Waals surface area contributed by atoms with Gasteiger partial charge in [0, 0.05) is 19.0 Å². The molecular formula is C17H21NO4. The minimum absolute atomic E-state index is 0.000323. The summed E-state index contributed by atoms with van der Waals surface area (Å²) in [6, 6.07) is 7.84. The molecule has 2 fully saturated rings. The molecule has 118 valence electrons. The molecule has 1 aromatic rings. The topological polar surface area (TPSA) is 66.8 Å². The normalized spacial score (nSPS) is 27.3. The van der Waals surface area contributed by atoms with Crippen molar-refractivity contribution in [1.82, 2.24) is 4.90 Å². The molecule has 1 aliphatic carbocycles. The van der Waals surface area contributed by atoms with Gasteiger partial charge in [-0.2, -0.15) is 0 Å². The standard InChI is InChI=1S/C17H21NO4/c1-22-13-6-2-4-11(8-13)14-9-15(14)16(19)18-7-3-5-12(10-18)17(20)21/h2,4,6,8,12,14-15H,3,5,7,9-10H2,1H3,(H,20,21)/t12-,14+,15+/m1/s1. The second-order valence-electron chi connectivity index (χ2n) is 6.19. The number of methoxy groups -OCH3 is 1. The molecule has 1 saturated heterocycles. The van der Waals surface area contributed by atoms with Crippen molar-refractivity contribution in [2.75, 3.05) is 20.2 Å². The molecule has 2 aliphatic rings. The number of carboxylic acids is 1. The minimum Gasteiger partial charge on any atom is -0.497 e. The number of carbonyl (C=O) groups is 2. The number of hydrogen-bond donors (Lipinski definition) is 1. The van der Waals surface area contributed by atoms with Crippen LogP contribution in [0.5, 0.6) is 5.75 Å². The summed E-state index contributed by atoms with van der Waals surface area (Å²) >= 11 is 0. The van der Waals surface area contributed by atoms with Gasteiger partial charge in [0.1, 0.15) is 5.75 Å². The van der Waals surface area contributed by atoms with Gasteiger partial charge in [-0.25, -0.2) is 0 Å². The number of likely N-dealkylation sites (tertiary alicyclic amines) is 1. The first-order chi connectivity index (χ1) is 10.6. The Hall–Kier alpha value is -2.04. The molecule has 0 radical (unpaired) electrons. The Bertz CT molecular complexity index is 586. The molecule has 22 heavy (non-hydrogen) atoms. The van der Waals surface area contributed by atoms with Crippen molar-refractivity contribution in [1.29, 1.82) is 0 Å². The number of rotatable bonds is 4. The van der Waals surface area contributed by atoms with Crippen LogP contribution in [0.3, 0.4) is 0 Å². The zero-order chi connectivity index (χ0) is 15.7. The molecule has 3 atom stereocenters.